The minimum atomic E-state index is -0.0914. The highest BCUT2D eigenvalue weighted by molar-refractivity contribution is 7.16. The second-order valence-corrected chi connectivity index (χ2v) is 9.05. The number of rotatable bonds is 7. The zero-order chi connectivity index (χ0) is 19.2. The summed E-state index contributed by atoms with van der Waals surface area (Å²) in [6.07, 6.45) is 0. The Morgan fingerprint density at radius 2 is 1.81 bits per heavy atom. The van der Waals surface area contributed by atoms with Gasteiger partial charge < -0.3 is 5.32 Å². The molecule has 1 aliphatic heterocycles. The molecule has 1 aliphatic rings. The van der Waals surface area contributed by atoms with Crippen molar-refractivity contribution in [3.63, 3.8) is 0 Å². The average molecular weight is 406 g/mol. The lowest BCUT2D eigenvalue weighted by Crippen LogP contribution is -2.53. The van der Waals surface area contributed by atoms with Crippen LogP contribution in [0.25, 0.3) is 0 Å². The maximum atomic E-state index is 12.6. The summed E-state index contributed by atoms with van der Waals surface area (Å²) in [6.45, 7) is 9.57. The molecular weight excluding hydrogens is 378 g/mol. The molecule has 2 aromatic rings. The summed E-state index contributed by atoms with van der Waals surface area (Å²) in [6, 6.07) is 14.3. The number of hydrogen-bond donors (Lipinski definition) is 1. The van der Waals surface area contributed by atoms with Crippen LogP contribution in [-0.2, 0) is 11.3 Å². The third-order valence-corrected chi connectivity index (χ3v) is 6.51. The number of carbonyl (C=O) groups excluding carboxylic acids is 1. The molecule has 1 aromatic carbocycles. The second-order valence-electron chi connectivity index (χ2n) is 7.25. The van der Waals surface area contributed by atoms with Gasteiger partial charge in [-0.15, -0.1) is 11.3 Å². The highest BCUT2D eigenvalue weighted by atomic mass is 35.5. The molecule has 2 heterocycles. The van der Waals surface area contributed by atoms with Crippen molar-refractivity contribution in [1.29, 1.82) is 0 Å². The number of thiophene rings is 1. The summed E-state index contributed by atoms with van der Waals surface area (Å²) in [7, 11) is 0. The lowest BCUT2D eigenvalue weighted by molar-refractivity contribution is -0.126. The number of amides is 1. The smallest absolute Gasteiger partial charge is 0.237 e. The Labute approximate surface area is 171 Å². The molecule has 27 heavy (non-hydrogen) atoms. The zero-order valence-corrected chi connectivity index (χ0v) is 17.6. The maximum absolute atomic E-state index is 12.6. The van der Waals surface area contributed by atoms with Gasteiger partial charge in [-0.2, -0.15) is 0 Å². The minimum Gasteiger partial charge on any atom is -0.354 e. The number of nitrogens with one attached hydrogen (secondary N) is 1. The Kier molecular flexibility index (Phi) is 7.30. The van der Waals surface area contributed by atoms with Gasteiger partial charge in [0.2, 0.25) is 5.91 Å². The number of hydrogen-bond acceptors (Lipinski definition) is 4. The monoisotopic (exact) mass is 405 g/mol. The highest BCUT2D eigenvalue weighted by Gasteiger charge is 2.25. The summed E-state index contributed by atoms with van der Waals surface area (Å²) >= 11 is 7.66. The Bertz CT molecular complexity index is 728. The van der Waals surface area contributed by atoms with Crippen molar-refractivity contribution in [2.45, 2.75) is 32.4 Å². The quantitative estimate of drug-likeness (QED) is 0.760. The SMILES string of the molecule is CC(CNC(=O)C(C)N1CCN(Cc2ccc(Cl)s2)CC1)c1ccccc1. The largest absolute Gasteiger partial charge is 0.354 e. The molecular formula is C21H28ClN3OS. The zero-order valence-electron chi connectivity index (χ0n) is 16.0. The van der Waals surface area contributed by atoms with Gasteiger partial charge in [-0.3, -0.25) is 14.6 Å². The predicted molar refractivity (Wildman–Crippen MR) is 114 cm³/mol. The number of nitrogens with zero attached hydrogens (tertiary/aromatic N) is 2. The molecule has 0 radical (unpaired) electrons. The Hall–Kier alpha value is -1.40. The molecule has 1 N–H and O–H groups in total. The topological polar surface area (TPSA) is 35.6 Å². The number of benzene rings is 1. The fourth-order valence-electron chi connectivity index (χ4n) is 3.43. The molecule has 2 atom stereocenters. The van der Waals surface area contributed by atoms with Crippen LogP contribution < -0.4 is 5.32 Å². The lowest BCUT2D eigenvalue weighted by atomic mass is 10.0. The van der Waals surface area contributed by atoms with Crippen LogP contribution >= 0.6 is 22.9 Å². The summed E-state index contributed by atoms with van der Waals surface area (Å²) in [5.41, 5.74) is 1.26. The molecule has 146 valence electrons. The van der Waals surface area contributed by atoms with Crippen molar-refractivity contribution in [2.24, 2.45) is 0 Å². The molecule has 0 saturated carbocycles. The van der Waals surface area contributed by atoms with Crippen LogP contribution in [0.3, 0.4) is 0 Å². The van der Waals surface area contributed by atoms with Crippen LogP contribution in [-0.4, -0.2) is 54.5 Å². The van der Waals surface area contributed by atoms with Crippen molar-refractivity contribution in [2.75, 3.05) is 32.7 Å². The molecule has 0 spiro atoms. The molecule has 6 heteroatoms. The van der Waals surface area contributed by atoms with E-state index in [4.69, 9.17) is 11.6 Å². The van der Waals surface area contributed by atoms with Crippen molar-refractivity contribution < 1.29 is 4.79 Å². The van der Waals surface area contributed by atoms with Crippen LogP contribution in [0.4, 0.5) is 0 Å². The van der Waals surface area contributed by atoms with Crippen LogP contribution in [0.15, 0.2) is 42.5 Å². The summed E-state index contributed by atoms with van der Waals surface area (Å²) in [5, 5.41) is 3.12. The van der Waals surface area contributed by atoms with E-state index in [9.17, 15) is 4.79 Å². The van der Waals surface area contributed by atoms with Gasteiger partial charge in [0.1, 0.15) is 0 Å². The van der Waals surface area contributed by atoms with E-state index in [0.29, 0.717) is 12.5 Å². The molecule has 1 fully saturated rings. The first kappa shape index (κ1) is 20.3. The van der Waals surface area contributed by atoms with Gasteiger partial charge in [-0.25, -0.2) is 0 Å². The van der Waals surface area contributed by atoms with E-state index in [1.807, 2.05) is 31.2 Å². The summed E-state index contributed by atoms with van der Waals surface area (Å²) in [5.74, 6) is 0.438. The average Bonchev–Trinajstić information content (AvgIpc) is 3.11. The Morgan fingerprint density at radius 3 is 2.44 bits per heavy atom. The van der Waals surface area contributed by atoms with E-state index in [1.165, 1.54) is 10.4 Å². The molecule has 4 nitrogen and oxygen atoms in total. The molecule has 1 saturated heterocycles. The lowest BCUT2D eigenvalue weighted by Gasteiger charge is -2.37. The van der Waals surface area contributed by atoms with Gasteiger partial charge in [-0.05, 0) is 30.5 Å². The third kappa shape index (κ3) is 5.79. The first-order valence-electron chi connectivity index (χ1n) is 9.56. The highest BCUT2D eigenvalue weighted by Crippen LogP contribution is 2.23. The third-order valence-electron chi connectivity index (χ3n) is 5.29. The van der Waals surface area contributed by atoms with E-state index in [0.717, 1.165) is 37.1 Å². The van der Waals surface area contributed by atoms with Crippen LogP contribution in [0.2, 0.25) is 4.34 Å². The Morgan fingerprint density at radius 1 is 1.11 bits per heavy atom. The number of halogens is 1. The van der Waals surface area contributed by atoms with E-state index in [2.05, 4.69) is 40.2 Å². The van der Waals surface area contributed by atoms with Crippen molar-refractivity contribution in [3.8, 4) is 0 Å². The van der Waals surface area contributed by atoms with E-state index in [1.54, 1.807) is 11.3 Å². The molecule has 0 bridgehead atoms. The molecule has 3 rings (SSSR count). The van der Waals surface area contributed by atoms with E-state index in [-0.39, 0.29) is 11.9 Å². The fraction of sp³-hybridized carbons (Fsp3) is 0.476. The van der Waals surface area contributed by atoms with E-state index < -0.39 is 0 Å². The van der Waals surface area contributed by atoms with Crippen LogP contribution in [0.5, 0.6) is 0 Å². The standard InChI is InChI=1S/C21H28ClN3OS/c1-16(18-6-4-3-5-7-18)14-23-21(26)17(2)25-12-10-24(11-13-25)15-19-8-9-20(22)27-19/h3-9,16-17H,10-15H2,1-2H3,(H,23,26). The van der Waals surface area contributed by atoms with Crippen molar-refractivity contribution in [3.05, 3.63) is 57.2 Å². The minimum absolute atomic E-state index is 0.0914. The van der Waals surface area contributed by atoms with Gasteiger partial charge >= 0.3 is 0 Å². The van der Waals surface area contributed by atoms with Gasteiger partial charge in [-0.1, -0.05) is 48.9 Å². The summed E-state index contributed by atoms with van der Waals surface area (Å²) in [4.78, 5) is 18.6. The van der Waals surface area contributed by atoms with Gasteiger partial charge in [0.25, 0.3) is 0 Å². The number of carbonyl (C=O) groups is 1. The van der Waals surface area contributed by atoms with Gasteiger partial charge in [0.15, 0.2) is 0 Å². The molecule has 2 unspecified atom stereocenters. The van der Waals surface area contributed by atoms with Crippen LogP contribution in [0, 0.1) is 0 Å². The second kappa shape index (κ2) is 9.69. The first-order chi connectivity index (χ1) is 13.0. The summed E-state index contributed by atoms with van der Waals surface area (Å²) < 4.78 is 0.846. The number of piperazine rings is 1. The predicted octanol–water partition coefficient (Wildman–Crippen LogP) is 3.83. The van der Waals surface area contributed by atoms with Crippen LogP contribution in [0.1, 0.15) is 30.2 Å². The Balaban J connectivity index is 1.41. The van der Waals surface area contributed by atoms with Crippen molar-refractivity contribution in [1.82, 2.24) is 15.1 Å². The molecule has 1 amide bonds. The van der Waals surface area contributed by atoms with Gasteiger partial charge in [0, 0.05) is 44.1 Å². The fourth-order valence-corrected chi connectivity index (χ4v) is 4.56. The van der Waals surface area contributed by atoms with E-state index >= 15 is 0 Å². The maximum Gasteiger partial charge on any atom is 0.237 e. The van der Waals surface area contributed by atoms with Gasteiger partial charge in [0.05, 0.1) is 10.4 Å². The molecule has 0 aliphatic carbocycles. The van der Waals surface area contributed by atoms with Crippen molar-refractivity contribution >= 4 is 28.8 Å². The normalized spacial score (nSPS) is 18.2. The first-order valence-corrected chi connectivity index (χ1v) is 10.8. The molecule has 1 aromatic heterocycles.